The van der Waals surface area contributed by atoms with Crippen LogP contribution in [0.5, 0.6) is 40.2 Å². The molecular formula is C47H56N4O14S. The highest BCUT2D eigenvalue weighted by Crippen LogP contribution is 2.64. The summed E-state index contributed by atoms with van der Waals surface area (Å²) in [6, 6.07) is 1.78. The summed E-state index contributed by atoms with van der Waals surface area (Å²) in [6.45, 7) is 11.6. The number of hydrogen-bond acceptors (Lipinski definition) is 18. The number of thioether (sulfide) groups is 1. The lowest BCUT2D eigenvalue weighted by Crippen LogP contribution is -2.70. The molecule has 3 aromatic rings. The standard InChI is InChI=1S/C47H56N4O14S/c1-20-13-25-14-27-42(54)51-28-17-60-44(56)47(26-16-29(58-9)30(15-24(26)11-12-48-47)64-43(55)22(3)49-45(57)65-46(5,6)7)18-66-41(35(51)34(50(27)8)31(25)36(53)37(20)59-10)33-32(28)40-39(61-19-62-40)21(2)38(33)63-23(4)52/h13,15-16,22,27-28,34-35,41-42,48,53-54H,11-12,14,17-19H2,1-10H3,(H,49,57)/t22-,27+,28+,34+,35?,41+,42-,47+/m0/s1. The number of benzene rings is 3. The Morgan fingerprint density at radius 1 is 0.985 bits per heavy atom. The molecule has 2 saturated heterocycles. The van der Waals surface area contributed by atoms with Gasteiger partial charge in [0.2, 0.25) is 6.79 Å². The summed E-state index contributed by atoms with van der Waals surface area (Å²) < 4.78 is 47.6. The average Bonchev–Trinajstić information content (AvgIpc) is 3.74. The molecule has 4 bridgehead atoms. The van der Waals surface area contributed by atoms with Gasteiger partial charge in [-0.2, -0.15) is 0 Å². The molecule has 2 fully saturated rings. The second-order valence-corrected chi connectivity index (χ2v) is 19.8. The van der Waals surface area contributed by atoms with Gasteiger partial charge in [-0.15, -0.1) is 11.8 Å². The highest BCUT2D eigenvalue weighted by atomic mass is 32.2. The third kappa shape index (κ3) is 7.24. The summed E-state index contributed by atoms with van der Waals surface area (Å²) in [6.07, 6.45) is -1.02. The molecule has 1 spiro atoms. The number of aromatic hydroxyl groups is 1. The van der Waals surface area contributed by atoms with Crippen LogP contribution in [-0.2, 0) is 42.2 Å². The number of amides is 1. The monoisotopic (exact) mass is 932 g/mol. The molecule has 7 aliphatic heterocycles. The van der Waals surface area contributed by atoms with Crippen LogP contribution in [0, 0.1) is 13.8 Å². The maximum atomic E-state index is 15.1. The van der Waals surface area contributed by atoms with Gasteiger partial charge in [0.15, 0.2) is 40.0 Å². The number of methoxy groups -OCH3 is 2. The van der Waals surface area contributed by atoms with E-state index in [-0.39, 0.29) is 42.2 Å². The van der Waals surface area contributed by atoms with Crippen molar-refractivity contribution < 1.29 is 67.3 Å². The van der Waals surface area contributed by atoms with Gasteiger partial charge in [0.05, 0.1) is 37.6 Å². The van der Waals surface area contributed by atoms with Gasteiger partial charge in [-0.25, -0.2) is 14.4 Å². The van der Waals surface area contributed by atoms with Crippen molar-refractivity contribution in [2.24, 2.45) is 0 Å². The van der Waals surface area contributed by atoms with Crippen molar-refractivity contribution in [3.05, 3.63) is 62.7 Å². The number of esters is 3. The van der Waals surface area contributed by atoms with E-state index in [1.165, 1.54) is 39.8 Å². The summed E-state index contributed by atoms with van der Waals surface area (Å²) in [4.78, 5) is 58.1. The number of rotatable bonds is 6. The van der Waals surface area contributed by atoms with Crippen molar-refractivity contribution in [2.45, 2.75) is 114 Å². The van der Waals surface area contributed by atoms with E-state index in [9.17, 15) is 24.6 Å². The molecule has 66 heavy (non-hydrogen) atoms. The number of carbonyl (C=O) groups is 4. The van der Waals surface area contributed by atoms with E-state index in [1.54, 1.807) is 39.8 Å². The molecule has 18 nitrogen and oxygen atoms in total. The number of alkyl carbamates (subject to hydrolysis) is 1. The lowest BCUT2D eigenvalue weighted by Gasteiger charge is -2.62. The third-order valence-corrected chi connectivity index (χ3v) is 15.0. The van der Waals surface area contributed by atoms with Crippen LogP contribution in [0.15, 0.2) is 18.2 Å². The van der Waals surface area contributed by atoms with Gasteiger partial charge in [0.25, 0.3) is 0 Å². The quantitative estimate of drug-likeness (QED) is 0.198. The molecule has 19 heteroatoms. The van der Waals surface area contributed by atoms with Crippen molar-refractivity contribution >= 4 is 35.8 Å². The number of likely N-dealkylation sites (N-methyl/N-ethyl adjacent to an activating group) is 1. The molecule has 0 aromatic heterocycles. The first-order chi connectivity index (χ1) is 31.3. The van der Waals surface area contributed by atoms with Crippen LogP contribution in [0.4, 0.5) is 4.79 Å². The highest BCUT2D eigenvalue weighted by Gasteiger charge is 2.61. The fraction of sp³-hybridized carbons (Fsp3) is 0.532. The van der Waals surface area contributed by atoms with Crippen LogP contribution < -0.4 is 39.1 Å². The maximum absolute atomic E-state index is 15.1. The topological polar surface area (TPSA) is 213 Å². The van der Waals surface area contributed by atoms with Crippen LogP contribution >= 0.6 is 11.8 Å². The molecule has 0 aliphatic carbocycles. The van der Waals surface area contributed by atoms with E-state index < -0.39 is 76.8 Å². The lowest BCUT2D eigenvalue weighted by molar-refractivity contribution is -0.186. The van der Waals surface area contributed by atoms with Crippen molar-refractivity contribution in [1.29, 1.82) is 0 Å². The van der Waals surface area contributed by atoms with Crippen LogP contribution in [0.2, 0.25) is 0 Å². The zero-order chi connectivity index (χ0) is 47.3. The number of aliphatic hydroxyl groups is 1. The van der Waals surface area contributed by atoms with Gasteiger partial charge in [0.1, 0.15) is 30.2 Å². The van der Waals surface area contributed by atoms with E-state index in [1.807, 2.05) is 24.9 Å². The summed E-state index contributed by atoms with van der Waals surface area (Å²) in [5, 5.41) is 30.2. The molecule has 10 rings (SSSR count). The van der Waals surface area contributed by atoms with Gasteiger partial charge in [-0.1, -0.05) is 6.07 Å². The number of carbonyl (C=O) groups excluding carboxylic acids is 4. The number of nitrogens with one attached hydrogen (secondary N) is 2. The Morgan fingerprint density at radius 2 is 1.73 bits per heavy atom. The summed E-state index contributed by atoms with van der Waals surface area (Å²) in [7, 11) is 4.88. The van der Waals surface area contributed by atoms with Gasteiger partial charge >= 0.3 is 24.0 Å². The van der Waals surface area contributed by atoms with E-state index in [4.69, 9.17) is 37.9 Å². The Morgan fingerprint density at radius 3 is 2.42 bits per heavy atom. The first-order valence-electron chi connectivity index (χ1n) is 22.0. The van der Waals surface area contributed by atoms with Crippen molar-refractivity contribution in [2.75, 3.05) is 47.0 Å². The SMILES string of the molecule is COc1cc2c(cc1OC(=O)[C@H](C)NC(=O)OC(C)(C)C)CCN[C@]21CS[C@@H]2c3c(OC(C)=O)c(C)c4c(c3[C@@H](COC1=O)N1C2[C@H]2c3c(cc(C)c(OC)c3O)C[C@H]([C@@H]1O)N2C)OCO4. The van der Waals surface area contributed by atoms with E-state index in [2.05, 4.69) is 15.5 Å². The Hall–Kier alpha value is -5.47. The van der Waals surface area contributed by atoms with Gasteiger partial charge in [-0.3, -0.25) is 19.9 Å². The second-order valence-electron chi connectivity index (χ2n) is 18.7. The fourth-order valence-electron chi connectivity index (χ4n) is 10.8. The first-order valence-corrected chi connectivity index (χ1v) is 23.0. The van der Waals surface area contributed by atoms with Crippen LogP contribution in [0.1, 0.15) is 96.5 Å². The van der Waals surface area contributed by atoms with Crippen molar-refractivity contribution in [3.8, 4) is 40.2 Å². The maximum Gasteiger partial charge on any atom is 0.408 e. The molecule has 0 saturated carbocycles. The molecule has 354 valence electrons. The predicted molar refractivity (Wildman–Crippen MR) is 237 cm³/mol. The number of phenolic OH excluding ortho intramolecular Hbond substituents is 1. The highest BCUT2D eigenvalue weighted by molar-refractivity contribution is 7.99. The number of fused-ring (bicyclic) bond motifs is 9. The van der Waals surface area contributed by atoms with Gasteiger partial charge < -0.3 is 53.4 Å². The Labute approximate surface area is 386 Å². The van der Waals surface area contributed by atoms with Crippen LogP contribution in [0.3, 0.4) is 0 Å². The minimum Gasteiger partial charge on any atom is -0.504 e. The van der Waals surface area contributed by atoms with Crippen molar-refractivity contribution in [3.63, 3.8) is 0 Å². The van der Waals surface area contributed by atoms with Crippen LogP contribution in [0.25, 0.3) is 0 Å². The average molecular weight is 933 g/mol. The number of aryl methyl sites for hydroxylation is 1. The fourth-order valence-corrected chi connectivity index (χ4v) is 12.5. The first kappa shape index (κ1) is 45.7. The third-order valence-electron chi connectivity index (χ3n) is 13.5. The number of phenols is 1. The molecule has 4 N–H and O–H groups in total. The smallest absolute Gasteiger partial charge is 0.408 e. The Balaban J connectivity index is 1.19. The van der Waals surface area contributed by atoms with E-state index in [0.29, 0.717) is 70.0 Å². The number of piperazine rings is 1. The number of nitrogens with zero attached hydrogens (tertiary/aromatic N) is 2. The largest absolute Gasteiger partial charge is 0.504 e. The molecule has 7 aliphatic rings. The van der Waals surface area contributed by atoms with Crippen molar-refractivity contribution in [1.82, 2.24) is 20.4 Å². The summed E-state index contributed by atoms with van der Waals surface area (Å²) in [5.74, 6) is -0.161. The Bertz CT molecular complexity index is 2550. The minimum atomic E-state index is -1.50. The number of ether oxygens (including phenoxy) is 8. The summed E-state index contributed by atoms with van der Waals surface area (Å²) >= 11 is 1.42. The Kier molecular flexibility index (Phi) is 11.6. The minimum absolute atomic E-state index is 0.00351. The van der Waals surface area contributed by atoms with E-state index >= 15 is 4.79 Å². The zero-order valence-electron chi connectivity index (χ0n) is 38.6. The summed E-state index contributed by atoms with van der Waals surface area (Å²) in [5.41, 5.74) is 3.01. The number of aliphatic hydroxyl groups excluding tert-OH is 1. The van der Waals surface area contributed by atoms with E-state index in [0.717, 1.165) is 11.1 Å². The second kappa shape index (κ2) is 16.7. The van der Waals surface area contributed by atoms with Gasteiger partial charge in [-0.05, 0) is 95.8 Å². The lowest BCUT2D eigenvalue weighted by atomic mass is 9.73. The molecular weight excluding hydrogens is 877 g/mol. The molecule has 3 aromatic carbocycles. The molecule has 7 heterocycles. The molecule has 0 radical (unpaired) electrons. The zero-order valence-corrected chi connectivity index (χ0v) is 39.4. The van der Waals surface area contributed by atoms with Gasteiger partial charge in [0, 0.05) is 47.5 Å². The molecule has 8 atom stereocenters. The van der Waals surface area contributed by atoms with Crippen LogP contribution in [-0.4, -0.2) is 121 Å². The number of hydrogen-bond donors (Lipinski definition) is 4. The molecule has 1 amide bonds. The normalized spacial score (nSPS) is 26.7. The predicted octanol–water partition coefficient (Wildman–Crippen LogP) is 4.53. The molecule has 1 unspecified atom stereocenters.